The first-order valence-corrected chi connectivity index (χ1v) is 16.6. The quantitative estimate of drug-likeness (QED) is 0.383. The van der Waals surface area contributed by atoms with Gasteiger partial charge in [0.25, 0.3) is 5.91 Å². The molecule has 12 heteroatoms. The summed E-state index contributed by atoms with van der Waals surface area (Å²) in [7, 11) is 2.12. The second-order valence-corrected chi connectivity index (χ2v) is 13.6. The molecule has 4 aliphatic rings. The highest BCUT2D eigenvalue weighted by Crippen LogP contribution is 2.38. The Morgan fingerprint density at radius 2 is 1.89 bits per heavy atom. The molecule has 1 N–H and O–H groups in total. The molecule has 4 aliphatic heterocycles. The molecule has 3 unspecified atom stereocenters. The molecule has 0 spiro atoms. The zero-order chi connectivity index (χ0) is 32.9. The highest BCUT2D eigenvalue weighted by molar-refractivity contribution is 5.97. The first-order valence-electron chi connectivity index (χ1n) is 16.6. The van der Waals surface area contributed by atoms with Gasteiger partial charge in [0.1, 0.15) is 18.0 Å². The molecule has 0 saturated carbocycles. The Morgan fingerprint density at radius 1 is 1.09 bits per heavy atom. The van der Waals surface area contributed by atoms with Gasteiger partial charge in [-0.2, -0.15) is 15.2 Å². The van der Waals surface area contributed by atoms with E-state index < -0.39 is 17.7 Å². The number of carbonyl (C=O) groups excluding carboxylic acids is 1. The highest BCUT2D eigenvalue weighted by Gasteiger charge is 2.59. The summed E-state index contributed by atoms with van der Waals surface area (Å²) in [6.45, 7) is 8.26. The predicted octanol–water partition coefficient (Wildman–Crippen LogP) is 3.66. The number of likely N-dealkylation sites (N-methyl/N-ethyl adjacent to an activating group) is 1. The number of aryl methyl sites for hydroxylation is 1. The Balaban J connectivity index is 1.19. The van der Waals surface area contributed by atoms with E-state index in [-0.39, 0.29) is 18.9 Å². The minimum atomic E-state index is -1.10. The van der Waals surface area contributed by atoms with E-state index in [2.05, 4.69) is 71.1 Å². The van der Waals surface area contributed by atoms with Crippen molar-refractivity contribution in [3.63, 3.8) is 0 Å². The molecule has 7 rings (SSSR count). The molecule has 0 bridgehead atoms. The summed E-state index contributed by atoms with van der Waals surface area (Å²) in [4.78, 5) is 44.9. The Kier molecular flexibility index (Phi) is 8.04. The fraction of sp³-hybridized carbons (Fsp3) is 0.514. The van der Waals surface area contributed by atoms with Gasteiger partial charge >= 0.3 is 12.1 Å². The number of hydrogen-bond acceptors (Lipinski definition) is 9. The lowest BCUT2D eigenvalue weighted by molar-refractivity contribution is -0.137. The number of fused-ring (bicyclic) bond motifs is 2. The minimum absolute atomic E-state index is 0.143. The van der Waals surface area contributed by atoms with Crippen molar-refractivity contribution >= 4 is 34.3 Å². The van der Waals surface area contributed by atoms with E-state index in [1.54, 1.807) is 11.8 Å². The number of carbonyl (C=O) groups is 2. The maximum absolute atomic E-state index is 13.6. The van der Waals surface area contributed by atoms with Crippen molar-refractivity contribution in [1.82, 2.24) is 24.7 Å². The summed E-state index contributed by atoms with van der Waals surface area (Å²) < 4.78 is 6.32. The van der Waals surface area contributed by atoms with E-state index in [4.69, 9.17) is 14.7 Å². The molecular weight excluding hydrogens is 596 g/mol. The number of amides is 2. The van der Waals surface area contributed by atoms with Crippen molar-refractivity contribution in [2.75, 3.05) is 62.7 Å². The smallest absolute Gasteiger partial charge is 0.408 e. The number of carboxylic acid groups (broad SMARTS) is 1. The van der Waals surface area contributed by atoms with Crippen molar-refractivity contribution in [1.29, 1.82) is 5.26 Å². The van der Waals surface area contributed by atoms with Gasteiger partial charge in [-0.1, -0.05) is 30.3 Å². The van der Waals surface area contributed by atoms with Gasteiger partial charge in [0.2, 0.25) is 0 Å². The van der Waals surface area contributed by atoms with E-state index in [0.29, 0.717) is 44.8 Å². The molecule has 47 heavy (non-hydrogen) atoms. The molecule has 3 atom stereocenters. The van der Waals surface area contributed by atoms with Crippen LogP contribution in [0.4, 0.5) is 16.3 Å². The van der Waals surface area contributed by atoms with Gasteiger partial charge < -0.3 is 29.4 Å². The van der Waals surface area contributed by atoms with E-state index in [0.717, 1.165) is 54.3 Å². The van der Waals surface area contributed by atoms with Crippen molar-refractivity contribution in [2.45, 2.75) is 63.7 Å². The summed E-state index contributed by atoms with van der Waals surface area (Å²) in [5.41, 5.74) is 3.35. The first kappa shape index (κ1) is 31.0. The third-order valence-electron chi connectivity index (χ3n) is 10.6. The Bertz CT molecular complexity index is 1750. The molecule has 3 fully saturated rings. The number of likely N-dealkylation sites (tertiary alicyclic amines) is 1. The van der Waals surface area contributed by atoms with Crippen LogP contribution in [0.3, 0.4) is 0 Å². The molecule has 246 valence electrons. The van der Waals surface area contributed by atoms with Gasteiger partial charge in [0.05, 0.1) is 37.3 Å². The monoisotopic (exact) mass is 638 g/mol. The lowest BCUT2D eigenvalue weighted by Crippen LogP contribution is -2.58. The molecule has 5 heterocycles. The van der Waals surface area contributed by atoms with Gasteiger partial charge in [0, 0.05) is 48.9 Å². The van der Waals surface area contributed by atoms with Gasteiger partial charge in [-0.05, 0) is 63.7 Å². The standard InChI is InChI=1S/C35H42N8O4/c1-23-7-4-8-24-9-5-11-29(30(23)24)40-16-13-27-28(20-40)37-33(47-21-26-10-6-15-39(26)3)38-31(27)41-17-18-42(25(19-41)12-14-36)32(44)35(2)22-43(35)34(45)46/h4-5,7-9,11,25-26H,6,10,12-13,15-22H2,1-3H3,(H,45,46). The number of benzene rings is 2. The fourth-order valence-corrected chi connectivity index (χ4v) is 7.69. The van der Waals surface area contributed by atoms with Crippen LogP contribution in [0.25, 0.3) is 10.8 Å². The average molecular weight is 639 g/mol. The van der Waals surface area contributed by atoms with Crippen LogP contribution in [0, 0.1) is 18.3 Å². The highest BCUT2D eigenvalue weighted by atomic mass is 16.5. The first-order chi connectivity index (χ1) is 22.7. The fourth-order valence-electron chi connectivity index (χ4n) is 7.69. The number of anilines is 2. The van der Waals surface area contributed by atoms with Crippen LogP contribution in [-0.2, 0) is 17.8 Å². The van der Waals surface area contributed by atoms with Crippen LogP contribution >= 0.6 is 0 Å². The number of hydrogen-bond donors (Lipinski definition) is 1. The molecule has 3 aromatic rings. The molecule has 1 aromatic heterocycles. The van der Waals surface area contributed by atoms with Crippen LogP contribution < -0.4 is 14.5 Å². The van der Waals surface area contributed by atoms with Gasteiger partial charge in [-0.3, -0.25) is 9.69 Å². The number of ether oxygens (including phenoxy) is 1. The van der Waals surface area contributed by atoms with Crippen LogP contribution in [0.2, 0.25) is 0 Å². The lowest BCUT2D eigenvalue weighted by atomic mass is 9.99. The molecular formula is C35H42N8O4. The minimum Gasteiger partial charge on any atom is -0.465 e. The summed E-state index contributed by atoms with van der Waals surface area (Å²) in [5, 5.41) is 21.7. The molecule has 0 aliphatic carbocycles. The summed E-state index contributed by atoms with van der Waals surface area (Å²) in [6, 6.07) is 15.4. The van der Waals surface area contributed by atoms with E-state index in [9.17, 15) is 20.0 Å². The average Bonchev–Trinajstić information content (AvgIpc) is 3.62. The maximum atomic E-state index is 13.6. The number of aromatic nitrogens is 2. The summed E-state index contributed by atoms with van der Waals surface area (Å²) in [6.07, 6.45) is 2.00. The number of piperazine rings is 1. The van der Waals surface area contributed by atoms with Crippen molar-refractivity contribution < 1.29 is 19.4 Å². The second-order valence-electron chi connectivity index (χ2n) is 13.6. The third kappa shape index (κ3) is 5.67. The SMILES string of the molecule is Cc1cccc2cccc(N3CCc4c(nc(OCC5CCCN5C)nc4N4CCN(C(=O)C5(C)CN5C(=O)O)C(CC#N)C4)C3)c12. The van der Waals surface area contributed by atoms with Gasteiger partial charge in [0.15, 0.2) is 0 Å². The molecule has 12 nitrogen and oxygen atoms in total. The topological polar surface area (TPSA) is 129 Å². The summed E-state index contributed by atoms with van der Waals surface area (Å²) >= 11 is 0. The predicted molar refractivity (Wildman–Crippen MR) is 178 cm³/mol. The molecule has 2 amide bonds. The van der Waals surface area contributed by atoms with Crippen LogP contribution in [-0.4, -0.2) is 112 Å². The Labute approximate surface area is 275 Å². The van der Waals surface area contributed by atoms with Crippen molar-refractivity contribution in [3.05, 3.63) is 53.2 Å². The van der Waals surface area contributed by atoms with Crippen molar-refractivity contribution in [2.24, 2.45) is 0 Å². The van der Waals surface area contributed by atoms with Crippen LogP contribution in [0.5, 0.6) is 6.01 Å². The summed E-state index contributed by atoms with van der Waals surface area (Å²) in [5.74, 6) is 0.564. The van der Waals surface area contributed by atoms with Gasteiger partial charge in [-0.25, -0.2) is 4.79 Å². The van der Waals surface area contributed by atoms with E-state index in [1.807, 2.05) is 0 Å². The number of rotatable bonds is 7. The van der Waals surface area contributed by atoms with E-state index >= 15 is 0 Å². The normalized spacial score (nSPS) is 24.3. The number of nitrogens with zero attached hydrogens (tertiary/aromatic N) is 8. The number of nitriles is 1. The second kappa shape index (κ2) is 12.2. The maximum Gasteiger partial charge on any atom is 0.408 e. The lowest BCUT2D eigenvalue weighted by Gasteiger charge is -2.43. The Hall–Kier alpha value is -4.63. The molecule has 0 radical (unpaired) electrons. The Morgan fingerprint density at radius 3 is 2.62 bits per heavy atom. The zero-order valence-corrected chi connectivity index (χ0v) is 27.4. The van der Waals surface area contributed by atoms with Crippen molar-refractivity contribution in [3.8, 4) is 12.1 Å². The van der Waals surface area contributed by atoms with E-state index in [1.165, 1.54) is 22.0 Å². The van der Waals surface area contributed by atoms with Crippen LogP contribution in [0.15, 0.2) is 36.4 Å². The molecule has 3 saturated heterocycles. The molecule has 2 aromatic carbocycles. The third-order valence-corrected chi connectivity index (χ3v) is 10.6. The van der Waals surface area contributed by atoms with Crippen LogP contribution in [0.1, 0.15) is 43.0 Å². The van der Waals surface area contributed by atoms with Gasteiger partial charge in [-0.15, -0.1) is 0 Å². The largest absolute Gasteiger partial charge is 0.465 e. The zero-order valence-electron chi connectivity index (χ0n) is 27.4.